The summed E-state index contributed by atoms with van der Waals surface area (Å²) in [7, 11) is 2.08. The van der Waals surface area contributed by atoms with Gasteiger partial charge in [-0.15, -0.1) is 6.42 Å². The lowest BCUT2D eigenvalue weighted by molar-refractivity contribution is 0.395. The van der Waals surface area contributed by atoms with Gasteiger partial charge in [0.1, 0.15) is 5.84 Å². The molecule has 0 aliphatic carbocycles. The highest BCUT2D eigenvalue weighted by molar-refractivity contribution is 6.03. The molecule has 3 aromatic rings. The van der Waals surface area contributed by atoms with Gasteiger partial charge in [0.25, 0.3) is 0 Å². The molecule has 0 aliphatic rings. The molecule has 0 aliphatic heterocycles. The topological polar surface area (TPSA) is 67.6 Å². The second kappa shape index (κ2) is 13.7. The molecule has 3 aromatic carbocycles. The molecule has 194 valence electrons. The monoisotopic (exact) mass is 502 g/mol. The zero-order valence-corrected chi connectivity index (χ0v) is 22.9. The molecule has 0 saturated heterocycles. The summed E-state index contributed by atoms with van der Waals surface area (Å²) in [6.07, 6.45) is 14.2. The number of hydrogen-bond acceptors (Lipinski definition) is 3. The van der Waals surface area contributed by atoms with Gasteiger partial charge in [0.15, 0.2) is 0 Å². The summed E-state index contributed by atoms with van der Waals surface area (Å²) >= 11 is 0. The lowest BCUT2D eigenvalue weighted by Gasteiger charge is -2.23. The van der Waals surface area contributed by atoms with Crippen molar-refractivity contribution in [1.29, 1.82) is 0 Å². The van der Waals surface area contributed by atoms with E-state index in [4.69, 9.17) is 22.9 Å². The van der Waals surface area contributed by atoms with Gasteiger partial charge in [-0.25, -0.2) is 0 Å². The van der Waals surface area contributed by atoms with Crippen LogP contribution in [0.3, 0.4) is 0 Å². The fourth-order valence-corrected chi connectivity index (χ4v) is 4.52. The van der Waals surface area contributed by atoms with E-state index in [1.165, 1.54) is 5.56 Å². The van der Waals surface area contributed by atoms with Crippen molar-refractivity contribution in [2.24, 2.45) is 16.5 Å². The molecule has 0 aromatic heterocycles. The minimum atomic E-state index is 0.500. The normalized spacial score (nSPS) is 13.5. The second-order valence-electron chi connectivity index (χ2n) is 9.12. The fourth-order valence-electron chi connectivity index (χ4n) is 4.52. The highest BCUT2D eigenvalue weighted by Crippen LogP contribution is 2.24. The predicted octanol–water partition coefficient (Wildman–Crippen LogP) is 5.06. The van der Waals surface area contributed by atoms with Crippen molar-refractivity contribution in [3.8, 4) is 23.5 Å². The summed E-state index contributed by atoms with van der Waals surface area (Å²) < 4.78 is 0. The van der Waals surface area contributed by atoms with E-state index in [0.717, 1.165) is 57.1 Å². The maximum absolute atomic E-state index is 6.58. The third-order valence-corrected chi connectivity index (χ3v) is 6.48. The van der Waals surface area contributed by atoms with Crippen LogP contribution in [0.2, 0.25) is 0 Å². The number of amidine groups is 1. The van der Waals surface area contributed by atoms with Crippen LogP contribution in [-0.4, -0.2) is 17.8 Å². The molecule has 0 bridgehead atoms. The first kappa shape index (κ1) is 28.1. The number of hydrogen-bond donors (Lipinski definition) is 2. The highest BCUT2D eigenvalue weighted by atomic mass is 15.1. The number of benzene rings is 3. The number of allylic oxidation sites excluding steroid dienone is 3. The van der Waals surface area contributed by atoms with Gasteiger partial charge in [-0.1, -0.05) is 79.6 Å². The third-order valence-electron chi connectivity index (χ3n) is 6.48. The van der Waals surface area contributed by atoms with Gasteiger partial charge in [0.05, 0.1) is 12.2 Å². The van der Waals surface area contributed by atoms with Crippen molar-refractivity contribution in [3.63, 3.8) is 0 Å². The molecule has 4 heteroatoms. The standard InChI is InChI=1S/C34H38N4/c1-6-13-29-22-30(31(21-27(29)8-3)34(36)37-23-25-15-11-10-12-16-25)28-19-17-26(18-20-28)24-38(5)33(9-4)32(35)14-7-2/h1,7-8,10-22H,9,23-24,35H2,2-5H3,(H2,36,37)/b14-7-,27-8-,29-13-,33-32-. The van der Waals surface area contributed by atoms with Crippen LogP contribution in [0, 0.1) is 12.3 Å². The van der Waals surface area contributed by atoms with Crippen LogP contribution < -0.4 is 21.9 Å². The van der Waals surface area contributed by atoms with E-state index in [9.17, 15) is 0 Å². The molecule has 0 saturated carbocycles. The summed E-state index contributed by atoms with van der Waals surface area (Å²) in [4.78, 5) is 6.92. The highest BCUT2D eigenvalue weighted by Gasteiger charge is 2.12. The SMILES string of the molecule is C#C/C=c1/cc(-c2ccc(CN(C)/C(CC)=C(N)/C=C\C)cc2)c(/C(N)=N/Cc2ccccc2)c/c1=C/C. The summed E-state index contributed by atoms with van der Waals surface area (Å²) in [6.45, 7) is 7.37. The second-order valence-corrected chi connectivity index (χ2v) is 9.12. The van der Waals surface area contributed by atoms with Crippen LogP contribution in [0.15, 0.2) is 95.3 Å². The zero-order chi connectivity index (χ0) is 27.5. The maximum atomic E-state index is 6.58. The molecule has 0 atom stereocenters. The van der Waals surface area contributed by atoms with Crippen LogP contribution in [0.1, 0.15) is 43.9 Å². The number of nitrogens with two attached hydrogens (primary N) is 2. The summed E-state index contributed by atoms with van der Waals surface area (Å²) in [5, 5.41) is 2.00. The average molecular weight is 503 g/mol. The van der Waals surface area contributed by atoms with Crippen molar-refractivity contribution in [3.05, 3.63) is 117 Å². The molecule has 4 N–H and O–H groups in total. The van der Waals surface area contributed by atoms with Crippen LogP contribution in [0.25, 0.3) is 23.3 Å². The zero-order valence-electron chi connectivity index (χ0n) is 22.9. The van der Waals surface area contributed by atoms with Crippen LogP contribution in [0.4, 0.5) is 0 Å². The molecule has 4 nitrogen and oxygen atoms in total. The fraction of sp³-hybridized carbons (Fsp3) is 0.206. The van der Waals surface area contributed by atoms with Gasteiger partial charge in [0, 0.05) is 24.9 Å². The van der Waals surface area contributed by atoms with Crippen molar-refractivity contribution in [1.82, 2.24) is 4.90 Å². The first-order valence-corrected chi connectivity index (χ1v) is 12.9. The van der Waals surface area contributed by atoms with Gasteiger partial charge in [-0.3, -0.25) is 4.99 Å². The third kappa shape index (κ3) is 7.05. The maximum Gasteiger partial charge on any atom is 0.126 e. The van der Waals surface area contributed by atoms with Gasteiger partial charge >= 0.3 is 0 Å². The van der Waals surface area contributed by atoms with Crippen LogP contribution in [0.5, 0.6) is 0 Å². The van der Waals surface area contributed by atoms with Crippen molar-refractivity contribution in [2.75, 3.05) is 7.05 Å². The lowest BCUT2D eigenvalue weighted by atomic mass is 9.95. The molecule has 0 spiro atoms. The molecule has 0 amide bonds. The van der Waals surface area contributed by atoms with E-state index >= 15 is 0 Å². The number of aliphatic imine (C=N–C) groups is 1. The molecule has 0 unspecified atom stereocenters. The Bertz CT molecular complexity index is 1490. The lowest BCUT2D eigenvalue weighted by Crippen LogP contribution is -2.28. The molecular formula is C34H38N4. The molecule has 38 heavy (non-hydrogen) atoms. The Kier molecular flexibility index (Phi) is 10.1. The van der Waals surface area contributed by atoms with E-state index in [1.807, 2.05) is 50.3 Å². The average Bonchev–Trinajstić information content (AvgIpc) is 2.93. The molecule has 0 radical (unpaired) electrons. The Hall–Kier alpha value is -4.49. The predicted molar refractivity (Wildman–Crippen MR) is 163 cm³/mol. The van der Waals surface area contributed by atoms with E-state index in [0.29, 0.717) is 12.4 Å². The smallest absolute Gasteiger partial charge is 0.126 e. The molecular weight excluding hydrogens is 464 g/mol. The van der Waals surface area contributed by atoms with Crippen molar-refractivity contribution >= 4 is 18.0 Å². The summed E-state index contributed by atoms with van der Waals surface area (Å²) in [5.41, 5.74) is 20.0. The van der Waals surface area contributed by atoms with Gasteiger partial charge < -0.3 is 16.4 Å². The largest absolute Gasteiger partial charge is 0.397 e. The van der Waals surface area contributed by atoms with E-state index < -0.39 is 0 Å². The Morgan fingerprint density at radius 1 is 0.974 bits per heavy atom. The molecule has 3 rings (SSSR count). The van der Waals surface area contributed by atoms with Crippen LogP contribution in [-0.2, 0) is 13.1 Å². The minimum Gasteiger partial charge on any atom is -0.397 e. The number of nitrogens with zero attached hydrogens (tertiary/aromatic N) is 2. The van der Waals surface area contributed by atoms with Crippen molar-refractivity contribution < 1.29 is 0 Å². The van der Waals surface area contributed by atoms with E-state index in [-0.39, 0.29) is 0 Å². The van der Waals surface area contributed by atoms with Crippen molar-refractivity contribution in [2.45, 2.75) is 40.3 Å². The first-order valence-electron chi connectivity index (χ1n) is 12.9. The van der Waals surface area contributed by atoms with Crippen LogP contribution >= 0.6 is 0 Å². The van der Waals surface area contributed by atoms with E-state index in [2.05, 4.69) is 73.3 Å². The Morgan fingerprint density at radius 3 is 2.29 bits per heavy atom. The van der Waals surface area contributed by atoms with Gasteiger partial charge in [-0.2, -0.15) is 0 Å². The Balaban J connectivity index is 2.01. The quantitative estimate of drug-likeness (QED) is 0.186. The first-order chi connectivity index (χ1) is 18.4. The Labute approximate surface area is 227 Å². The minimum absolute atomic E-state index is 0.500. The number of rotatable bonds is 9. The molecule has 0 fully saturated rings. The number of terminal acetylenes is 1. The Morgan fingerprint density at radius 2 is 1.68 bits per heavy atom. The summed E-state index contributed by atoms with van der Waals surface area (Å²) in [6, 6.07) is 22.9. The van der Waals surface area contributed by atoms with Gasteiger partial charge in [-0.05, 0) is 77.2 Å². The van der Waals surface area contributed by atoms with E-state index in [1.54, 1.807) is 6.08 Å². The van der Waals surface area contributed by atoms with Gasteiger partial charge in [0.2, 0.25) is 0 Å². The summed E-state index contributed by atoms with van der Waals surface area (Å²) in [5.74, 6) is 3.17. The molecule has 0 heterocycles.